The van der Waals surface area contributed by atoms with Gasteiger partial charge in [0.2, 0.25) is 0 Å². The molecule has 0 bridgehead atoms. The quantitative estimate of drug-likeness (QED) is 0.479. The Kier molecular flexibility index (Phi) is 9.36. The van der Waals surface area contributed by atoms with Crippen LogP contribution in [0.25, 0.3) is 0 Å². The minimum atomic E-state index is -2.29. The molecule has 3 nitrogen and oxygen atoms in total. The largest absolute Gasteiger partial charge is 0.466 e. The van der Waals surface area contributed by atoms with Crippen LogP contribution in [0.4, 0.5) is 8.78 Å². The van der Waals surface area contributed by atoms with Crippen molar-refractivity contribution in [2.75, 3.05) is 19.7 Å². The number of carbonyl (C=O) groups excluding carboxylic acids is 1. The maximum atomic E-state index is 11.7. The average Bonchev–Trinajstić information content (AvgIpc) is 2.16. The number of ether oxygens (including phenoxy) is 1. The van der Waals surface area contributed by atoms with Crippen molar-refractivity contribution < 1.29 is 18.3 Å². The molecular weight excluding hydrogens is 204 g/mol. The van der Waals surface area contributed by atoms with E-state index in [9.17, 15) is 13.6 Å². The smallest absolute Gasteiger partial charge is 0.305 e. The van der Waals surface area contributed by atoms with Gasteiger partial charge < -0.3 is 10.1 Å². The first-order valence-electron chi connectivity index (χ1n) is 5.31. The van der Waals surface area contributed by atoms with Gasteiger partial charge in [0.05, 0.1) is 13.2 Å². The lowest BCUT2D eigenvalue weighted by Crippen LogP contribution is -2.22. The Morgan fingerprint density at radius 3 is 2.67 bits per heavy atom. The summed E-state index contributed by atoms with van der Waals surface area (Å²) in [6.07, 6.45) is 0.559. The van der Waals surface area contributed by atoms with Gasteiger partial charge >= 0.3 is 5.97 Å². The van der Waals surface area contributed by atoms with Crippen molar-refractivity contribution in [3.63, 3.8) is 0 Å². The first kappa shape index (κ1) is 14.3. The summed E-state index contributed by atoms with van der Waals surface area (Å²) < 4.78 is 28.1. The van der Waals surface area contributed by atoms with Crippen molar-refractivity contribution in [1.82, 2.24) is 5.32 Å². The molecule has 0 atom stereocenters. The van der Waals surface area contributed by atoms with Crippen LogP contribution < -0.4 is 5.32 Å². The summed E-state index contributed by atoms with van der Waals surface area (Å²) in [6.45, 7) is 2.51. The lowest BCUT2D eigenvalue weighted by atomic mass is 10.2. The Hall–Kier alpha value is -0.710. The van der Waals surface area contributed by atoms with Crippen molar-refractivity contribution in [1.29, 1.82) is 0 Å². The van der Waals surface area contributed by atoms with Crippen LogP contribution in [0, 0.1) is 0 Å². The van der Waals surface area contributed by atoms with Crippen LogP contribution in [0.15, 0.2) is 0 Å². The molecule has 0 amide bonds. The summed E-state index contributed by atoms with van der Waals surface area (Å²) >= 11 is 0. The average molecular weight is 223 g/mol. The lowest BCUT2D eigenvalue weighted by Gasteiger charge is -2.03. The molecule has 0 aromatic rings. The van der Waals surface area contributed by atoms with Crippen LogP contribution in [0.2, 0.25) is 0 Å². The molecule has 0 saturated carbocycles. The minimum absolute atomic E-state index is 0.182. The Bertz CT molecular complexity index is 166. The molecule has 0 rings (SSSR count). The zero-order chi connectivity index (χ0) is 11.5. The van der Waals surface area contributed by atoms with Gasteiger partial charge in [0.15, 0.2) is 0 Å². The van der Waals surface area contributed by atoms with Gasteiger partial charge in [-0.3, -0.25) is 4.79 Å². The van der Waals surface area contributed by atoms with E-state index in [4.69, 9.17) is 4.74 Å². The molecule has 0 fully saturated rings. The summed E-state index contributed by atoms with van der Waals surface area (Å²) in [6, 6.07) is 0. The number of hydrogen-bond acceptors (Lipinski definition) is 3. The van der Waals surface area contributed by atoms with E-state index in [2.05, 4.69) is 5.32 Å². The molecule has 0 heterocycles. The van der Waals surface area contributed by atoms with Gasteiger partial charge in [-0.2, -0.15) is 0 Å². The second kappa shape index (κ2) is 9.83. The fraction of sp³-hybridized carbons (Fsp3) is 0.900. The fourth-order valence-electron chi connectivity index (χ4n) is 1.14. The van der Waals surface area contributed by atoms with Gasteiger partial charge in [-0.15, -0.1) is 0 Å². The fourth-order valence-corrected chi connectivity index (χ4v) is 1.14. The zero-order valence-corrected chi connectivity index (χ0v) is 9.10. The molecule has 0 aromatic heterocycles. The van der Waals surface area contributed by atoms with E-state index in [1.54, 1.807) is 6.92 Å². The molecule has 0 spiro atoms. The minimum Gasteiger partial charge on any atom is -0.466 e. The number of hydrogen-bond donors (Lipinski definition) is 1. The SMILES string of the molecule is CCOC(=O)CCCCCNCC(F)F. The molecule has 90 valence electrons. The third-order valence-electron chi connectivity index (χ3n) is 1.84. The van der Waals surface area contributed by atoms with E-state index < -0.39 is 6.43 Å². The van der Waals surface area contributed by atoms with E-state index in [1.807, 2.05) is 0 Å². The van der Waals surface area contributed by atoms with Gasteiger partial charge in [-0.25, -0.2) is 8.78 Å². The van der Waals surface area contributed by atoms with E-state index in [-0.39, 0.29) is 12.5 Å². The third-order valence-corrected chi connectivity index (χ3v) is 1.84. The Morgan fingerprint density at radius 2 is 2.07 bits per heavy atom. The number of halogens is 2. The number of alkyl halides is 2. The molecule has 0 unspecified atom stereocenters. The highest BCUT2D eigenvalue weighted by Gasteiger charge is 2.01. The highest BCUT2D eigenvalue weighted by molar-refractivity contribution is 5.69. The van der Waals surface area contributed by atoms with Gasteiger partial charge in [-0.05, 0) is 26.3 Å². The molecular formula is C10H19F2NO2. The Labute approximate surface area is 89.2 Å². The molecule has 15 heavy (non-hydrogen) atoms. The van der Waals surface area contributed by atoms with Crippen molar-refractivity contribution in [3.8, 4) is 0 Å². The first-order chi connectivity index (χ1) is 7.16. The van der Waals surface area contributed by atoms with E-state index in [0.717, 1.165) is 19.3 Å². The van der Waals surface area contributed by atoms with Crippen LogP contribution >= 0.6 is 0 Å². The monoisotopic (exact) mass is 223 g/mol. The number of esters is 1. The maximum absolute atomic E-state index is 11.7. The molecule has 0 aliphatic carbocycles. The molecule has 0 aliphatic heterocycles. The van der Waals surface area contributed by atoms with Crippen molar-refractivity contribution in [3.05, 3.63) is 0 Å². The number of carbonyl (C=O) groups is 1. The Balaban J connectivity index is 3.08. The summed E-state index contributed by atoms with van der Waals surface area (Å²) in [5.74, 6) is -0.182. The standard InChI is InChI=1S/C10H19F2NO2/c1-2-15-10(14)6-4-3-5-7-13-8-9(11)12/h9,13H,2-8H2,1H3. The summed E-state index contributed by atoms with van der Waals surface area (Å²) in [7, 11) is 0. The van der Waals surface area contributed by atoms with E-state index >= 15 is 0 Å². The van der Waals surface area contributed by atoms with Crippen LogP contribution in [0.3, 0.4) is 0 Å². The highest BCUT2D eigenvalue weighted by Crippen LogP contribution is 2.00. The van der Waals surface area contributed by atoms with Gasteiger partial charge in [0, 0.05) is 6.42 Å². The molecule has 1 N–H and O–H groups in total. The zero-order valence-electron chi connectivity index (χ0n) is 9.10. The molecule has 5 heteroatoms. The number of rotatable bonds is 9. The molecule has 0 aromatic carbocycles. The summed E-state index contributed by atoms with van der Waals surface area (Å²) in [5.41, 5.74) is 0. The predicted octanol–water partition coefficient (Wildman–Crippen LogP) is 1.96. The summed E-state index contributed by atoms with van der Waals surface area (Å²) in [4.78, 5) is 10.9. The normalized spacial score (nSPS) is 10.7. The predicted molar refractivity (Wildman–Crippen MR) is 54.0 cm³/mol. The van der Waals surface area contributed by atoms with Gasteiger partial charge in [0.25, 0.3) is 6.43 Å². The first-order valence-corrected chi connectivity index (χ1v) is 5.31. The van der Waals surface area contributed by atoms with Gasteiger partial charge in [0.1, 0.15) is 0 Å². The van der Waals surface area contributed by atoms with Crippen LogP contribution in [-0.2, 0) is 9.53 Å². The highest BCUT2D eigenvalue weighted by atomic mass is 19.3. The van der Waals surface area contributed by atoms with Gasteiger partial charge in [-0.1, -0.05) is 6.42 Å². The van der Waals surface area contributed by atoms with Crippen molar-refractivity contribution in [2.24, 2.45) is 0 Å². The summed E-state index contributed by atoms with van der Waals surface area (Å²) in [5, 5.41) is 2.63. The molecule has 0 radical (unpaired) electrons. The van der Waals surface area contributed by atoms with Crippen molar-refractivity contribution in [2.45, 2.75) is 39.0 Å². The van der Waals surface area contributed by atoms with Crippen molar-refractivity contribution >= 4 is 5.97 Å². The second-order valence-electron chi connectivity index (χ2n) is 3.21. The molecule has 0 saturated heterocycles. The number of unbranched alkanes of at least 4 members (excludes halogenated alkanes) is 2. The lowest BCUT2D eigenvalue weighted by molar-refractivity contribution is -0.143. The second-order valence-corrected chi connectivity index (χ2v) is 3.21. The van der Waals surface area contributed by atoms with Crippen LogP contribution in [0.5, 0.6) is 0 Å². The maximum Gasteiger partial charge on any atom is 0.305 e. The Morgan fingerprint density at radius 1 is 1.33 bits per heavy atom. The topological polar surface area (TPSA) is 38.3 Å². The van der Waals surface area contributed by atoms with Crippen LogP contribution in [-0.4, -0.2) is 32.1 Å². The molecule has 0 aliphatic rings. The van der Waals surface area contributed by atoms with Crippen LogP contribution in [0.1, 0.15) is 32.6 Å². The van der Waals surface area contributed by atoms with E-state index in [1.165, 1.54) is 0 Å². The van der Waals surface area contributed by atoms with E-state index in [0.29, 0.717) is 19.6 Å². The third kappa shape index (κ3) is 11.2. The number of nitrogens with one attached hydrogen (secondary N) is 1.